The predicted molar refractivity (Wildman–Crippen MR) is 81.8 cm³/mol. The summed E-state index contributed by atoms with van der Waals surface area (Å²) in [6, 6.07) is 11.1. The van der Waals surface area contributed by atoms with E-state index in [1.54, 1.807) is 24.3 Å². The molecule has 124 valence electrons. The van der Waals surface area contributed by atoms with Crippen LogP contribution in [0.1, 0.15) is 11.1 Å². The molecule has 0 saturated heterocycles. The summed E-state index contributed by atoms with van der Waals surface area (Å²) < 4.78 is 43.8. The van der Waals surface area contributed by atoms with Crippen LogP contribution in [0.25, 0.3) is 11.5 Å². The van der Waals surface area contributed by atoms with E-state index in [1.165, 1.54) is 12.1 Å². The SMILES string of the molecule is O=c1oc(-c2ccc(C(F)(F)F)cc2)nn1Cc1cccc(Cl)c1. The molecule has 2 aromatic carbocycles. The van der Waals surface area contributed by atoms with Gasteiger partial charge in [0.1, 0.15) is 0 Å². The van der Waals surface area contributed by atoms with Gasteiger partial charge in [0, 0.05) is 10.6 Å². The predicted octanol–water partition coefficient (Wildman–Crippen LogP) is 4.22. The van der Waals surface area contributed by atoms with E-state index in [9.17, 15) is 18.0 Å². The van der Waals surface area contributed by atoms with Crippen LogP contribution >= 0.6 is 11.6 Å². The van der Waals surface area contributed by atoms with Crippen molar-refractivity contribution in [1.29, 1.82) is 0 Å². The average Bonchev–Trinajstić information content (AvgIpc) is 2.88. The third-order valence-corrected chi connectivity index (χ3v) is 3.52. The highest BCUT2D eigenvalue weighted by molar-refractivity contribution is 6.30. The number of hydrogen-bond acceptors (Lipinski definition) is 3. The average molecular weight is 355 g/mol. The topological polar surface area (TPSA) is 48.0 Å². The second-order valence-electron chi connectivity index (χ2n) is 5.04. The molecule has 3 aromatic rings. The Morgan fingerprint density at radius 1 is 1.12 bits per heavy atom. The fourth-order valence-electron chi connectivity index (χ4n) is 2.13. The first-order valence-electron chi connectivity index (χ1n) is 6.83. The highest BCUT2D eigenvalue weighted by Crippen LogP contribution is 2.30. The van der Waals surface area contributed by atoms with E-state index < -0.39 is 17.5 Å². The van der Waals surface area contributed by atoms with Crippen LogP contribution in [-0.4, -0.2) is 9.78 Å². The highest BCUT2D eigenvalue weighted by atomic mass is 35.5. The van der Waals surface area contributed by atoms with Crippen molar-refractivity contribution in [2.24, 2.45) is 0 Å². The minimum absolute atomic E-state index is 0.0456. The molecule has 8 heteroatoms. The summed E-state index contributed by atoms with van der Waals surface area (Å²) in [5.41, 5.74) is 0.244. The number of aromatic nitrogens is 2. The summed E-state index contributed by atoms with van der Waals surface area (Å²) in [7, 11) is 0. The van der Waals surface area contributed by atoms with Gasteiger partial charge in [0.05, 0.1) is 12.1 Å². The lowest BCUT2D eigenvalue weighted by Gasteiger charge is -2.05. The van der Waals surface area contributed by atoms with Crippen molar-refractivity contribution in [3.05, 3.63) is 75.2 Å². The summed E-state index contributed by atoms with van der Waals surface area (Å²) in [5, 5.41) is 4.53. The summed E-state index contributed by atoms with van der Waals surface area (Å²) in [6.45, 7) is 0.142. The highest BCUT2D eigenvalue weighted by Gasteiger charge is 2.30. The zero-order valence-electron chi connectivity index (χ0n) is 12.0. The Balaban J connectivity index is 1.87. The zero-order valence-corrected chi connectivity index (χ0v) is 12.8. The number of rotatable bonds is 3. The second kappa shape index (κ2) is 6.16. The normalized spacial score (nSPS) is 11.7. The van der Waals surface area contributed by atoms with Crippen LogP contribution in [0.5, 0.6) is 0 Å². The number of halogens is 4. The van der Waals surface area contributed by atoms with Gasteiger partial charge < -0.3 is 4.42 Å². The van der Waals surface area contributed by atoms with E-state index in [2.05, 4.69) is 5.10 Å². The molecular weight excluding hydrogens is 345 g/mol. The Hall–Kier alpha value is -2.54. The molecular formula is C16H10ClF3N2O2. The third kappa shape index (κ3) is 3.51. The summed E-state index contributed by atoms with van der Waals surface area (Å²) >= 11 is 5.88. The van der Waals surface area contributed by atoms with Crippen molar-refractivity contribution >= 4 is 11.6 Å². The molecule has 0 spiro atoms. The molecule has 1 aromatic heterocycles. The fraction of sp³-hybridized carbons (Fsp3) is 0.125. The van der Waals surface area contributed by atoms with E-state index in [0.717, 1.165) is 22.4 Å². The van der Waals surface area contributed by atoms with Crippen LogP contribution in [0.3, 0.4) is 0 Å². The van der Waals surface area contributed by atoms with Crippen LogP contribution in [0, 0.1) is 0 Å². The van der Waals surface area contributed by atoms with E-state index in [0.29, 0.717) is 5.02 Å². The molecule has 0 fully saturated rings. The molecule has 0 aliphatic heterocycles. The Bertz CT molecular complexity index is 914. The molecule has 0 atom stereocenters. The van der Waals surface area contributed by atoms with Crippen molar-refractivity contribution in [2.45, 2.75) is 12.7 Å². The van der Waals surface area contributed by atoms with Crippen LogP contribution in [0.15, 0.2) is 57.7 Å². The van der Waals surface area contributed by atoms with Gasteiger partial charge >= 0.3 is 11.9 Å². The van der Waals surface area contributed by atoms with Crippen LogP contribution in [0.2, 0.25) is 5.02 Å². The van der Waals surface area contributed by atoms with Crippen molar-refractivity contribution in [2.75, 3.05) is 0 Å². The van der Waals surface area contributed by atoms with Gasteiger partial charge in [-0.05, 0) is 42.0 Å². The molecule has 1 heterocycles. The minimum Gasteiger partial charge on any atom is -0.388 e. The molecule has 4 nitrogen and oxygen atoms in total. The molecule has 0 unspecified atom stereocenters. The first-order chi connectivity index (χ1) is 11.3. The molecule has 3 rings (SSSR count). The number of hydrogen-bond donors (Lipinski definition) is 0. The molecule has 0 bridgehead atoms. The smallest absolute Gasteiger partial charge is 0.388 e. The summed E-state index contributed by atoms with van der Waals surface area (Å²) in [6.07, 6.45) is -4.43. The quantitative estimate of drug-likeness (QED) is 0.707. The molecule has 0 saturated carbocycles. The number of nitrogens with zero attached hydrogens (tertiary/aromatic N) is 2. The van der Waals surface area contributed by atoms with Crippen LogP contribution < -0.4 is 5.76 Å². The molecule has 0 radical (unpaired) electrons. The Morgan fingerprint density at radius 3 is 2.46 bits per heavy atom. The van der Waals surface area contributed by atoms with Gasteiger partial charge in [-0.25, -0.2) is 4.79 Å². The third-order valence-electron chi connectivity index (χ3n) is 3.29. The lowest BCUT2D eigenvalue weighted by Crippen LogP contribution is -2.16. The van der Waals surface area contributed by atoms with Gasteiger partial charge in [-0.2, -0.15) is 17.9 Å². The van der Waals surface area contributed by atoms with Gasteiger partial charge in [-0.1, -0.05) is 23.7 Å². The maximum atomic E-state index is 12.6. The molecule has 0 N–H and O–H groups in total. The first-order valence-corrected chi connectivity index (χ1v) is 7.21. The molecule has 0 aliphatic rings. The van der Waals surface area contributed by atoms with Crippen molar-refractivity contribution in [3.8, 4) is 11.5 Å². The van der Waals surface area contributed by atoms with Gasteiger partial charge in [0.15, 0.2) is 0 Å². The maximum Gasteiger partial charge on any atom is 0.437 e. The minimum atomic E-state index is -4.43. The zero-order chi connectivity index (χ0) is 17.3. The standard InChI is InChI=1S/C16H10ClF3N2O2/c17-13-3-1-2-10(8-13)9-22-15(23)24-14(21-22)11-4-6-12(7-5-11)16(18,19)20/h1-8H,9H2. The Kier molecular flexibility index (Phi) is 4.19. The lowest BCUT2D eigenvalue weighted by atomic mass is 10.1. The van der Waals surface area contributed by atoms with Crippen LogP contribution in [-0.2, 0) is 12.7 Å². The van der Waals surface area contributed by atoms with Crippen LogP contribution in [0.4, 0.5) is 13.2 Å². The number of benzene rings is 2. The van der Waals surface area contributed by atoms with E-state index in [-0.39, 0.29) is 18.0 Å². The molecule has 0 amide bonds. The van der Waals surface area contributed by atoms with Gasteiger partial charge in [0.25, 0.3) is 0 Å². The fourth-order valence-corrected chi connectivity index (χ4v) is 2.35. The lowest BCUT2D eigenvalue weighted by molar-refractivity contribution is -0.137. The monoisotopic (exact) mass is 354 g/mol. The van der Waals surface area contributed by atoms with E-state index in [1.807, 2.05) is 0 Å². The van der Waals surface area contributed by atoms with Gasteiger partial charge in [0.2, 0.25) is 5.89 Å². The van der Waals surface area contributed by atoms with Gasteiger partial charge in [-0.15, -0.1) is 5.10 Å². The maximum absolute atomic E-state index is 12.6. The van der Waals surface area contributed by atoms with Gasteiger partial charge in [-0.3, -0.25) is 0 Å². The van der Waals surface area contributed by atoms with E-state index >= 15 is 0 Å². The Labute approximate surface area is 139 Å². The second-order valence-corrected chi connectivity index (χ2v) is 5.47. The molecule has 24 heavy (non-hydrogen) atoms. The van der Waals surface area contributed by atoms with Crippen molar-refractivity contribution in [1.82, 2.24) is 9.78 Å². The number of alkyl halides is 3. The Morgan fingerprint density at radius 2 is 1.83 bits per heavy atom. The van der Waals surface area contributed by atoms with Crippen molar-refractivity contribution < 1.29 is 17.6 Å². The molecule has 0 aliphatic carbocycles. The van der Waals surface area contributed by atoms with Crippen molar-refractivity contribution in [3.63, 3.8) is 0 Å². The summed E-state index contributed by atoms with van der Waals surface area (Å²) in [4.78, 5) is 11.8. The largest absolute Gasteiger partial charge is 0.437 e. The first kappa shape index (κ1) is 16.3. The van der Waals surface area contributed by atoms with E-state index in [4.69, 9.17) is 16.0 Å². The summed E-state index contributed by atoms with van der Waals surface area (Å²) in [5.74, 6) is -0.749.